The van der Waals surface area contributed by atoms with Crippen LogP contribution in [0.25, 0.3) is 0 Å². The minimum absolute atomic E-state index is 0.362. The van der Waals surface area contributed by atoms with E-state index in [9.17, 15) is 23.1 Å². The number of carboxylic acids is 1. The second-order valence-electron chi connectivity index (χ2n) is 6.73. The summed E-state index contributed by atoms with van der Waals surface area (Å²) >= 11 is 3.43. The second-order valence-corrected chi connectivity index (χ2v) is 7.64. The number of piperidine rings is 1. The van der Waals surface area contributed by atoms with Gasteiger partial charge < -0.3 is 5.11 Å². The summed E-state index contributed by atoms with van der Waals surface area (Å²) < 4.78 is 40.4. The molecule has 27 heavy (non-hydrogen) atoms. The fourth-order valence-corrected chi connectivity index (χ4v) is 4.00. The average Bonchev–Trinajstić information content (AvgIpc) is 2.62. The van der Waals surface area contributed by atoms with Crippen LogP contribution in [-0.2, 0) is 11.0 Å². The van der Waals surface area contributed by atoms with Crippen LogP contribution in [-0.4, -0.2) is 29.1 Å². The average molecular weight is 442 g/mol. The first-order chi connectivity index (χ1) is 12.8. The van der Waals surface area contributed by atoms with Crippen LogP contribution in [0.4, 0.5) is 13.2 Å². The summed E-state index contributed by atoms with van der Waals surface area (Å²) in [7, 11) is 0. The molecule has 7 heteroatoms. The van der Waals surface area contributed by atoms with Crippen molar-refractivity contribution in [3.05, 3.63) is 69.7 Å². The Morgan fingerprint density at radius 2 is 1.67 bits per heavy atom. The van der Waals surface area contributed by atoms with E-state index in [1.54, 1.807) is 6.07 Å². The van der Waals surface area contributed by atoms with Gasteiger partial charge in [-0.3, -0.25) is 9.69 Å². The molecular formula is C20H19BrF3NO2. The number of rotatable bonds is 4. The van der Waals surface area contributed by atoms with Gasteiger partial charge in [0.15, 0.2) is 0 Å². The quantitative estimate of drug-likeness (QED) is 0.694. The van der Waals surface area contributed by atoms with Crippen LogP contribution in [0.5, 0.6) is 0 Å². The molecule has 1 N–H and O–H groups in total. The summed E-state index contributed by atoms with van der Waals surface area (Å²) in [6, 6.07) is 12.5. The van der Waals surface area contributed by atoms with E-state index in [-0.39, 0.29) is 6.04 Å². The summed E-state index contributed by atoms with van der Waals surface area (Å²) in [5.74, 6) is -1.21. The molecule has 144 valence electrons. The van der Waals surface area contributed by atoms with Crippen molar-refractivity contribution in [3.8, 4) is 0 Å². The van der Waals surface area contributed by atoms with Gasteiger partial charge in [-0.05, 0) is 61.3 Å². The molecule has 0 aromatic heterocycles. The van der Waals surface area contributed by atoms with E-state index < -0.39 is 23.6 Å². The topological polar surface area (TPSA) is 40.5 Å². The van der Waals surface area contributed by atoms with Crippen molar-refractivity contribution in [1.29, 1.82) is 0 Å². The smallest absolute Gasteiger partial charge is 0.416 e. The maximum atomic E-state index is 13.2. The highest BCUT2D eigenvalue weighted by atomic mass is 79.9. The molecule has 3 nitrogen and oxygen atoms in total. The Morgan fingerprint density at radius 1 is 1.07 bits per heavy atom. The molecular weight excluding hydrogens is 423 g/mol. The molecule has 1 fully saturated rings. The van der Waals surface area contributed by atoms with Crippen LogP contribution in [0.2, 0.25) is 0 Å². The number of benzene rings is 2. The van der Waals surface area contributed by atoms with Crippen molar-refractivity contribution in [2.24, 2.45) is 5.92 Å². The number of carbonyl (C=O) groups is 1. The van der Waals surface area contributed by atoms with Crippen molar-refractivity contribution in [2.75, 3.05) is 13.1 Å². The summed E-state index contributed by atoms with van der Waals surface area (Å²) in [5.41, 5.74) is 0.745. The first kappa shape index (κ1) is 19.9. The first-order valence-corrected chi connectivity index (χ1v) is 9.44. The van der Waals surface area contributed by atoms with E-state index in [1.165, 1.54) is 12.1 Å². The zero-order chi connectivity index (χ0) is 19.6. The SMILES string of the molecule is O=C(O)C1CCN(C(c2cccc(Br)c2)c2cccc(C(F)(F)F)c2)CC1. The number of alkyl halides is 3. The van der Waals surface area contributed by atoms with Gasteiger partial charge >= 0.3 is 12.1 Å². The molecule has 1 atom stereocenters. The lowest BCUT2D eigenvalue weighted by Crippen LogP contribution is -2.39. The van der Waals surface area contributed by atoms with E-state index in [1.807, 2.05) is 24.3 Å². The van der Waals surface area contributed by atoms with Crippen LogP contribution in [0.1, 0.15) is 35.6 Å². The third kappa shape index (κ3) is 4.71. The molecule has 1 heterocycles. The van der Waals surface area contributed by atoms with E-state index in [2.05, 4.69) is 20.8 Å². The molecule has 1 saturated heterocycles. The third-order valence-corrected chi connectivity index (χ3v) is 5.43. The minimum atomic E-state index is -4.41. The Morgan fingerprint density at radius 3 is 2.22 bits per heavy atom. The van der Waals surface area contributed by atoms with Crippen LogP contribution in [0, 0.1) is 5.92 Å². The molecule has 1 aliphatic rings. The van der Waals surface area contributed by atoms with E-state index in [4.69, 9.17) is 0 Å². The third-order valence-electron chi connectivity index (χ3n) is 4.94. The highest BCUT2D eigenvalue weighted by Crippen LogP contribution is 2.36. The van der Waals surface area contributed by atoms with Crippen molar-refractivity contribution in [2.45, 2.75) is 25.1 Å². The number of hydrogen-bond acceptors (Lipinski definition) is 2. The van der Waals surface area contributed by atoms with Crippen LogP contribution in [0.3, 0.4) is 0 Å². The Kier molecular flexibility index (Phi) is 5.91. The molecule has 0 amide bonds. The molecule has 0 bridgehead atoms. The largest absolute Gasteiger partial charge is 0.481 e. The monoisotopic (exact) mass is 441 g/mol. The lowest BCUT2D eigenvalue weighted by atomic mass is 9.91. The van der Waals surface area contributed by atoms with Crippen molar-refractivity contribution < 1.29 is 23.1 Å². The van der Waals surface area contributed by atoms with Gasteiger partial charge in [0, 0.05) is 4.47 Å². The standard InChI is InChI=1S/C20H19BrF3NO2/c21-17-6-2-4-15(12-17)18(25-9-7-13(8-10-25)19(26)27)14-3-1-5-16(11-14)20(22,23)24/h1-6,11-13,18H,7-10H2,(H,26,27). The number of aliphatic carboxylic acids is 1. The zero-order valence-corrected chi connectivity index (χ0v) is 16.0. The molecule has 0 saturated carbocycles. The Labute approximate surface area is 163 Å². The number of nitrogens with zero attached hydrogens (tertiary/aromatic N) is 1. The molecule has 2 aromatic rings. The number of carboxylic acid groups (broad SMARTS) is 1. The highest BCUT2D eigenvalue weighted by Gasteiger charge is 2.33. The summed E-state index contributed by atoms with van der Waals surface area (Å²) in [6.07, 6.45) is -3.44. The van der Waals surface area contributed by atoms with Gasteiger partial charge in [-0.2, -0.15) is 13.2 Å². The van der Waals surface area contributed by atoms with E-state index in [0.717, 1.165) is 16.1 Å². The van der Waals surface area contributed by atoms with Gasteiger partial charge in [0.05, 0.1) is 17.5 Å². The molecule has 0 spiro atoms. The van der Waals surface area contributed by atoms with E-state index >= 15 is 0 Å². The Bertz CT molecular complexity index is 817. The van der Waals surface area contributed by atoms with Crippen LogP contribution in [0.15, 0.2) is 53.0 Å². The van der Waals surface area contributed by atoms with Crippen molar-refractivity contribution >= 4 is 21.9 Å². The Hall–Kier alpha value is -1.86. The van der Waals surface area contributed by atoms with Gasteiger partial charge in [0.2, 0.25) is 0 Å². The molecule has 2 aromatic carbocycles. The fraction of sp³-hybridized carbons (Fsp3) is 0.350. The molecule has 0 aliphatic carbocycles. The minimum Gasteiger partial charge on any atom is -0.481 e. The van der Waals surface area contributed by atoms with E-state index in [0.29, 0.717) is 31.5 Å². The predicted molar refractivity (Wildman–Crippen MR) is 99.4 cm³/mol. The molecule has 0 radical (unpaired) electrons. The molecule has 1 aliphatic heterocycles. The van der Waals surface area contributed by atoms with Crippen LogP contribution >= 0.6 is 15.9 Å². The maximum absolute atomic E-state index is 13.2. The fourth-order valence-electron chi connectivity index (χ4n) is 3.58. The summed E-state index contributed by atoms with van der Waals surface area (Å²) in [4.78, 5) is 13.3. The van der Waals surface area contributed by atoms with Crippen molar-refractivity contribution in [1.82, 2.24) is 4.90 Å². The lowest BCUT2D eigenvalue weighted by molar-refractivity contribution is -0.143. The normalized spacial score (nSPS) is 17.6. The van der Waals surface area contributed by atoms with Gasteiger partial charge in [0.25, 0.3) is 0 Å². The summed E-state index contributed by atoms with van der Waals surface area (Å²) in [6.45, 7) is 1.04. The van der Waals surface area contributed by atoms with Crippen molar-refractivity contribution in [3.63, 3.8) is 0 Å². The Balaban J connectivity index is 1.98. The summed E-state index contributed by atoms with van der Waals surface area (Å²) in [5, 5.41) is 9.21. The number of hydrogen-bond donors (Lipinski definition) is 1. The molecule has 3 rings (SSSR count). The number of halogens is 4. The van der Waals surface area contributed by atoms with Gasteiger partial charge in [0.1, 0.15) is 0 Å². The van der Waals surface area contributed by atoms with Crippen LogP contribution < -0.4 is 0 Å². The molecule has 1 unspecified atom stereocenters. The first-order valence-electron chi connectivity index (χ1n) is 8.65. The van der Waals surface area contributed by atoms with Gasteiger partial charge in [-0.1, -0.05) is 40.2 Å². The predicted octanol–water partition coefficient (Wildman–Crippen LogP) is 5.35. The zero-order valence-electron chi connectivity index (χ0n) is 14.4. The highest BCUT2D eigenvalue weighted by molar-refractivity contribution is 9.10. The second kappa shape index (κ2) is 8.02. The van der Waals surface area contributed by atoms with Gasteiger partial charge in [-0.25, -0.2) is 0 Å². The van der Waals surface area contributed by atoms with Gasteiger partial charge in [-0.15, -0.1) is 0 Å². The number of likely N-dealkylation sites (tertiary alicyclic amines) is 1. The lowest BCUT2D eigenvalue weighted by Gasteiger charge is -2.37. The maximum Gasteiger partial charge on any atom is 0.416 e.